The van der Waals surface area contributed by atoms with Crippen LogP contribution in [-0.4, -0.2) is 46.4 Å². The largest absolute Gasteiger partial charge is 0.332 e. The fourth-order valence-corrected chi connectivity index (χ4v) is 7.16. The maximum Gasteiger partial charge on any atom is 0.325 e. The maximum atomic E-state index is 12.8. The molecule has 5 saturated carbocycles. The number of nitrogens with one attached hydrogen (secondary N) is 3. The Morgan fingerprint density at radius 3 is 2.14 bits per heavy atom. The summed E-state index contributed by atoms with van der Waals surface area (Å²) in [6.07, 6.45) is 10.9. The van der Waals surface area contributed by atoms with E-state index in [9.17, 15) is 19.2 Å². The first-order chi connectivity index (χ1) is 13.9. The molecule has 0 aromatic carbocycles. The van der Waals surface area contributed by atoms with Crippen molar-refractivity contribution in [3.05, 3.63) is 0 Å². The number of hydrogen-bond donors (Lipinski definition) is 3. The van der Waals surface area contributed by atoms with Crippen molar-refractivity contribution in [1.29, 1.82) is 0 Å². The highest BCUT2D eigenvalue weighted by molar-refractivity contribution is 6.10. The fourth-order valence-electron chi connectivity index (χ4n) is 7.16. The van der Waals surface area contributed by atoms with Gasteiger partial charge < -0.3 is 10.6 Å². The van der Waals surface area contributed by atoms with Gasteiger partial charge in [0.25, 0.3) is 5.91 Å². The molecule has 0 aromatic rings. The van der Waals surface area contributed by atoms with Gasteiger partial charge in [0, 0.05) is 5.54 Å². The van der Waals surface area contributed by atoms with Crippen molar-refractivity contribution < 1.29 is 19.2 Å². The van der Waals surface area contributed by atoms with Crippen molar-refractivity contribution in [2.45, 2.75) is 81.7 Å². The molecule has 8 heteroatoms. The number of amides is 6. The Labute approximate surface area is 170 Å². The third kappa shape index (κ3) is 3.30. The van der Waals surface area contributed by atoms with Crippen LogP contribution in [0.1, 0.15) is 70.6 Å². The molecule has 6 amide bonds. The quantitative estimate of drug-likeness (QED) is 0.628. The summed E-state index contributed by atoms with van der Waals surface area (Å²) < 4.78 is 0. The smallest absolute Gasteiger partial charge is 0.325 e. The summed E-state index contributed by atoms with van der Waals surface area (Å²) in [5, 5.41) is 8.22. The molecule has 1 heterocycles. The van der Waals surface area contributed by atoms with Crippen molar-refractivity contribution in [3.8, 4) is 0 Å². The van der Waals surface area contributed by atoms with Gasteiger partial charge in [0.05, 0.1) is 0 Å². The lowest BCUT2D eigenvalue weighted by Crippen LogP contribution is -2.62. The predicted molar refractivity (Wildman–Crippen MR) is 104 cm³/mol. The Balaban J connectivity index is 1.17. The van der Waals surface area contributed by atoms with Crippen LogP contribution in [0.5, 0.6) is 0 Å². The lowest BCUT2D eigenvalue weighted by atomic mass is 9.53. The third-order valence-electron chi connectivity index (χ3n) is 7.92. The maximum absolute atomic E-state index is 12.8. The van der Waals surface area contributed by atoms with Crippen molar-refractivity contribution in [1.82, 2.24) is 20.9 Å². The van der Waals surface area contributed by atoms with E-state index in [0.29, 0.717) is 30.6 Å². The first kappa shape index (κ1) is 18.9. The van der Waals surface area contributed by atoms with Crippen LogP contribution in [0.15, 0.2) is 0 Å². The van der Waals surface area contributed by atoms with Gasteiger partial charge in [-0.2, -0.15) is 0 Å². The highest BCUT2D eigenvalue weighted by Crippen LogP contribution is 2.55. The Kier molecular flexibility index (Phi) is 4.37. The van der Waals surface area contributed by atoms with Crippen LogP contribution in [0.3, 0.4) is 0 Å². The summed E-state index contributed by atoms with van der Waals surface area (Å²) in [5.74, 6) is 1.11. The van der Waals surface area contributed by atoms with Gasteiger partial charge in [-0.25, -0.2) is 9.59 Å². The first-order valence-corrected chi connectivity index (χ1v) is 11.1. The van der Waals surface area contributed by atoms with E-state index in [0.717, 1.165) is 43.4 Å². The van der Waals surface area contributed by atoms with E-state index in [4.69, 9.17) is 0 Å². The average molecular weight is 402 g/mol. The van der Waals surface area contributed by atoms with Crippen LogP contribution in [0, 0.1) is 17.8 Å². The Hall–Kier alpha value is -2.12. The number of rotatable bonds is 3. The number of nitrogens with zero attached hydrogens (tertiary/aromatic N) is 1. The second kappa shape index (κ2) is 6.71. The minimum atomic E-state index is -0.850. The van der Waals surface area contributed by atoms with Crippen LogP contribution < -0.4 is 16.0 Å². The molecule has 0 atom stereocenters. The van der Waals surface area contributed by atoms with Crippen LogP contribution in [0.25, 0.3) is 0 Å². The first-order valence-electron chi connectivity index (χ1n) is 11.1. The average Bonchev–Trinajstić information content (AvgIpc) is 2.84. The molecular weight excluding hydrogens is 372 g/mol. The van der Waals surface area contributed by atoms with Crippen molar-refractivity contribution in [2.24, 2.45) is 17.8 Å². The zero-order chi connectivity index (χ0) is 20.2. The molecule has 0 radical (unpaired) electrons. The van der Waals surface area contributed by atoms with E-state index >= 15 is 0 Å². The van der Waals surface area contributed by atoms with Gasteiger partial charge in [-0.3, -0.25) is 19.8 Å². The zero-order valence-electron chi connectivity index (χ0n) is 16.8. The summed E-state index contributed by atoms with van der Waals surface area (Å²) in [6.45, 7) is -0.416. The highest BCUT2D eigenvalue weighted by atomic mass is 16.2. The van der Waals surface area contributed by atoms with Gasteiger partial charge in [0.1, 0.15) is 12.1 Å². The fraction of sp³-hybridized carbons (Fsp3) is 0.810. The van der Waals surface area contributed by atoms with E-state index < -0.39 is 30.1 Å². The lowest BCUT2D eigenvalue weighted by Gasteiger charge is -2.56. The zero-order valence-corrected chi connectivity index (χ0v) is 16.8. The van der Waals surface area contributed by atoms with Gasteiger partial charge in [-0.15, -0.1) is 0 Å². The normalized spacial score (nSPS) is 37.0. The van der Waals surface area contributed by atoms with Crippen LogP contribution in [-0.2, 0) is 9.59 Å². The number of carbonyl (C=O) groups is 4. The van der Waals surface area contributed by atoms with Crippen molar-refractivity contribution in [3.63, 3.8) is 0 Å². The Morgan fingerprint density at radius 1 is 0.966 bits per heavy atom. The summed E-state index contributed by atoms with van der Waals surface area (Å²) >= 11 is 0. The Morgan fingerprint density at radius 2 is 1.55 bits per heavy atom. The lowest BCUT2D eigenvalue weighted by molar-refractivity contribution is -0.135. The third-order valence-corrected chi connectivity index (χ3v) is 7.92. The van der Waals surface area contributed by atoms with Gasteiger partial charge in [0.15, 0.2) is 0 Å². The van der Waals surface area contributed by atoms with Crippen molar-refractivity contribution in [2.75, 3.05) is 6.54 Å². The minimum absolute atomic E-state index is 0.188. The molecule has 6 rings (SSSR count). The number of urea groups is 2. The minimum Gasteiger partial charge on any atom is -0.332 e. The topological polar surface area (TPSA) is 108 Å². The highest BCUT2D eigenvalue weighted by Gasteiger charge is 2.53. The Bertz CT molecular complexity index is 722. The van der Waals surface area contributed by atoms with Crippen LogP contribution in [0.2, 0.25) is 0 Å². The standard InChI is InChI=1S/C21H30N4O4/c26-16(12-25-17(27)21(24-19(25)29)4-2-1-3-5-21)22-18(28)23-20-9-13-6-14(10-20)8-15(7-13)11-20/h13-15H,1-12H2,(H,24,29)(H2,22,23,26,28). The van der Waals surface area contributed by atoms with Crippen molar-refractivity contribution >= 4 is 23.9 Å². The van der Waals surface area contributed by atoms with Crippen LogP contribution >= 0.6 is 0 Å². The van der Waals surface area contributed by atoms with Gasteiger partial charge in [-0.1, -0.05) is 19.3 Å². The summed E-state index contributed by atoms with van der Waals surface area (Å²) in [5.41, 5.74) is -1.04. The van der Waals surface area contributed by atoms with Gasteiger partial charge in [-0.05, 0) is 69.1 Å². The number of imide groups is 2. The molecule has 5 aliphatic carbocycles. The van der Waals surface area contributed by atoms with E-state index in [1.54, 1.807) is 0 Å². The monoisotopic (exact) mass is 402 g/mol. The molecule has 8 nitrogen and oxygen atoms in total. The van der Waals surface area contributed by atoms with Gasteiger partial charge >= 0.3 is 12.1 Å². The molecule has 3 N–H and O–H groups in total. The summed E-state index contributed by atoms with van der Waals surface area (Å²) in [6, 6.07) is -1.04. The molecule has 6 aliphatic rings. The number of carbonyl (C=O) groups excluding carboxylic acids is 4. The van der Waals surface area contributed by atoms with E-state index in [2.05, 4.69) is 16.0 Å². The molecule has 4 bridgehead atoms. The molecular formula is C21H30N4O4. The van der Waals surface area contributed by atoms with E-state index in [1.807, 2.05) is 0 Å². The number of hydrogen-bond acceptors (Lipinski definition) is 4. The molecule has 0 unspecified atom stereocenters. The second-order valence-electron chi connectivity index (χ2n) is 10.2. The summed E-state index contributed by atoms with van der Waals surface area (Å²) in [4.78, 5) is 51.0. The SMILES string of the molecule is O=C(CN1C(=O)NC2(CCCCC2)C1=O)NC(=O)NC12CC3CC(CC(C3)C1)C2. The van der Waals surface area contributed by atoms with Gasteiger partial charge in [0.2, 0.25) is 5.91 Å². The second-order valence-corrected chi connectivity index (χ2v) is 10.2. The predicted octanol–water partition coefficient (Wildman–Crippen LogP) is 2.04. The summed E-state index contributed by atoms with van der Waals surface area (Å²) in [7, 11) is 0. The molecule has 6 fully saturated rings. The molecule has 29 heavy (non-hydrogen) atoms. The van der Waals surface area contributed by atoms with E-state index in [1.165, 1.54) is 19.3 Å². The molecule has 158 valence electrons. The molecule has 1 spiro atoms. The molecule has 1 aliphatic heterocycles. The molecule has 1 saturated heterocycles. The van der Waals surface area contributed by atoms with Crippen LogP contribution in [0.4, 0.5) is 9.59 Å². The van der Waals surface area contributed by atoms with E-state index in [-0.39, 0.29) is 11.4 Å². The molecule has 0 aromatic heterocycles.